The Hall–Kier alpha value is -2.82. The van der Waals surface area contributed by atoms with E-state index in [0.29, 0.717) is 17.2 Å². The average molecular weight is 321 g/mol. The second kappa shape index (κ2) is 5.37. The topological polar surface area (TPSA) is 56.0 Å². The fourth-order valence-electron chi connectivity index (χ4n) is 3.49. The molecule has 0 fully saturated rings. The maximum absolute atomic E-state index is 12.9. The largest absolute Gasteiger partial charge is 0.364 e. The van der Waals surface area contributed by atoms with Gasteiger partial charge in [0.25, 0.3) is 11.1 Å². The van der Waals surface area contributed by atoms with Crippen LogP contribution in [0.15, 0.2) is 58.1 Å². The van der Waals surface area contributed by atoms with Gasteiger partial charge in [0.1, 0.15) is 6.17 Å². The fraction of sp³-hybridized carbons (Fsp3) is 0.263. The molecule has 1 aromatic heterocycles. The first-order chi connectivity index (χ1) is 11.6. The summed E-state index contributed by atoms with van der Waals surface area (Å²) in [6, 6.07) is 15.0. The van der Waals surface area contributed by atoms with Gasteiger partial charge in [-0.1, -0.05) is 29.8 Å². The molecule has 4 rings (SSSR count). The Balaban J connectivity index is 1.88. The quantitative estimate of drug-likeness (QED) is 0.789. The summed E-state index contributed by atoms with van der Waals surface area (Å²) in [5.74, 6) is 0. The zero-order chi connectivity index (χ0) is 16.8. The molecule has 24 heavy (non-hydrogen) atoms. The number of aromatic nitrogens is 2. The highest BCUT2D eigenvalue weighted by Crippen LogP contribution is 2.28. The smallest absolute Gasteiger partial charge is 0.275 e. The second-order valence-corrected chi connectivity index (χ2v) is 6.46. The highest BCUT2D eigenvalue weighted by atomic mass is 16.2. The zero-order valence-electron chi connectivity index (χ0n) is 13.7. The molecule has 0 radical (unpaired) electrons. The van der Waals surface area contributed by atoms with Crippen LogP contribution in [0.2, 0.25) is 0 Å². The van der Waals surface area contributed by atoms with Gasteiger partial charge in [-0.05, 0) is 38.1 Å². The van der Waals surface area contributed by atoms with Crippen LogP contribution in [0.3, 0.4) is 0 Å². The van der Waals surface area contributed by atoms with Gasteiger partial charge < -0.3 is 5.32 Å². The molecule has 2 heterocycles. The van der Waals surface area contributed by atoms with Crippen molar-refractivity contribution in [1.29, 1.82) is 0 Å². The zero-order valence-corrected chi connectivity index (χ0v) is 13.7. The van der Waals surface area contributed by atoms with E-state index in [-0.39, 0.29) is 23.3 Å². The molecule has 1 aliphatic rings. The normalized spacial score (nSPS) is 19.4. The van der Waals surface area contributed by atoms with E-state index in [0.717, 1.165) is 5.69 Å². The van der Waals surface area contributed by atoms with Crippen molar-refractivity contribution in [2.75, 3.05) is 5.32 Å². The number of rotatable bonds is 2. The molecular weight excluding hydrogens is 302 g/mol. The lowest BCUT2D eigenvalue weighted by molar-refractivity contribution is 0.476. The molecule has 1 N–H and O–H groups in total. The van der Waals surface area contributed by atoms with E-state index in [1.807, 2.05) is 38.1 Å². The van der Waals surface area contributed by atoms with Gasteiger partial charge >= 0.3 is 0 Å². The lowest BCUT2D eigenvalue weighted by Crippen LogP contribution is -2.38. The third-order valence-corrected chi connectivity index (χ3v) is 4.70. The summed E-state index contributed by atoms with van der Waals surface area (Å²) in [5.41, 5.74) is 1.89. The van der Waals surface area contributed by atoms with Gasteiger partial charge in [-0.25, -0.2) is 9.36 Å². The van der Waals surface area contributed by atoms with Gasteiger partial charge in [-0.2, -0.15) is 0 Å². The lowest BCUT2D eigenvalue weighted by atomic mass is 10.2. The van der Waals surface area contributed by atoms with Gasteiger partial charge in [0.05, 0.1) is 16.8 Å². The van der Waals surface area contributed by atoms with E-state index in [4.69, 9.17) is 0 Å². The maximum Gasteiger partial charge on any atom is 0.275 e. The van der Waals surface area contributed by atoms with Crippen LogP contribution in [-0.2, 0) is 0 Å². The van der Waals surface area contributed by atoms with Crippen molar-refractivity contribution in [3.8, 4) is 0 Å². The summed E-state index contributed by atoms with van der Waals surface area (Å²) in [5, 5.41) is 4.35. The summed E-state index contributed by atoms with van der Waals surface area (Å²) in [6.45, 7) is 4.01. The lowest BCUT2D eigenvalue weighted by Gasteiger charge is -2.18. The van der Waals surface area contributed by atoms with Crippen molar-refractivity contribution in [3.63, 3.8) is 0 Å². The van der Waals surface area contributed by atoms with Crippen molar-refractivity contribution < 1.29 is 0 Å². The monoisotopic (exact) mass is 321 g/mol. The summed E-state index contributed by atoms with van der Waals surface area (Å²) in [7, 11) is 0. The summed E-state index contributed by atoms with van der Waals surface area (Å²) in [6.07, 6.45) is 0.465. The van der Waals surface area contributed by atoms with Crippen LogP contribution in [-0.4, -0.2) is 9.36 Å². The van der Waals surface area contributed by atoms with Crippen LogP contribution < -0.4 is 16.4 Å². The molecule has 5 heteroatoms. The molecule has 1 aliphatic heterocycles. The predicted molar refractivity (Wildman–Crippen MR) is 95.6 cm³/mol. The Morgan fingerprint density at radius 1 is 0.917 bits per heavy atom. The van der Waals surface area contributed by atoms with Crippen molar-refractivity contribution in [2.45, 2.75) is 32.5 Å². The van der Waals surface area contributed by atoms with Crippen LogP contribution in [0.25, 0.3) is 10.8 Å². The Kier molecular flexibility index (Phi) is 3.30. The molecule has 122 valence electrons. The van der Waals surface area contributed by atoms with Crippen molar-refractivity contribution in [1.82, 2.24) is 9.36 Å². The number of benzene rings is 2. The van der Waals surface area contributed by atoms with E-state index in [1.54, 1.807) is 33.6 Å². The Morgan fingerprint density at radius 2 is 1.50 bits per heavy atom. The van der Waals surface area contributed by atoms with E-state index in [9.17, 15) is 9.59 Å². The molecule has 2 atom stereocenters. The molecule has 2 aromatic carbocycles. The number of nitrogens with one attached hydrogen (secondary N) is 1. The molecule has 0 bridgehead atoms. The summed E-state index contributed by atoms with van der Waals surface area (Å²) >= 11 is 0. The standard InChI is InChI=1S/C19H19N3O2/c1-12-7-9-14(10-8-12)20-17-11-13(2)21-18(23)15-5-3-4-6-16(15)19(24)22(17)21/h3-10,13,17,20H,11H2,1-2H3/t13-,17+/m0/s1. The first kappa shape index (κ1) is 14.8. The van der Waals surface area contributed by atoms with Gasteiger partial charge in [-0.3, -0.25) is 9.59 Å². The van der Waals surface area contributed by atoms with Gasteiger partial charge in [0, 0.05) is 12.1 Å². The molecule has 3 aromatic rings. The highest BCUT2D eigenvalue weighted by molar-refractivity contribution is 5.80. The van der Waals surface area contributed by atoms with Crippen molar-refractivity contribution in [3.05, 3.63) is 74.8 Å². The van der Waals surface area contributed by atoms with E-state index in [1.165, 1.54) is 5.56 Å². The first-order valence-electron chi connectivity index (χ1n) is 8.15. The third kappa shape index (κ3) is 2.16. The predicted octanol–water partition coefficient (Wildman–Crippen LogP) is 3.05. The van der Waals surface area contributed by atoms with Gasteiger partial charge in [0.15, 0.2) is 0 Å². The third-order valence-electron chi connectivity index (χ3n) is 4.70. The minimum atomic E-state index is -0.229. The summed E-state index contributed by atoms with van der Waals surface area (Å²) < 4.78 is 3.17. The molecule has 0 amide bonds. The number of aryl methyl sites for hydroxylation is 1. The average Bonchev–Trinajstić information content (AvgIpc) is 2.91. The Morgan fingerprint density at radius 3 is 2.12 bits per heavy atom. The maximum atomic E-state index is 12.9. The Bertz CT molecular complexity index is 1030. The van der Waals surface area contributed by atoms with Crippen molar-refractivity contribution >= 4 is 16.5 Å². The highest BCUT2D eigenvalue weighted by Gasteiger charge is 2.31. The number of hydrogen-bond donors (Lipinski definition) is 1. The molecule has 0 saturated heterocycles. The fourth-order valence-corrected chi connectivity index (χ4v) is 3.49. The SMILES string of the molecule is Cc1ccc(N[C@H]2C[C@H](C)n3c(=O)c4ccccc4c(=O)n32)cc1. The molecular formula is C19H19N3O2. The van der Waals surface area contributed by atoms with E-state index >= 15 is 0 Å². The number of fused-ring (bicyclic) bond motifs is 2. The van der Waals surface area contributed by atoms with Crippen LogP contribution in [0, 0.1) is 6.92 Å². The minimum Gasteiger partial charge on any atom is -0.364 e. The first-order valence-corrected chi connectivity index (χ1v) is 8.15. The number of anilines is 1. The molecule has 0 aliphatic carbocycles. The van der Waals surface area contributed by atoms with E-state index in [2.05, 4.69) is 5.32 Å². The van der Waals surface area contributed by atoms with E-state index < -0.39 is 0 Å². The molecule has 0 unspecified atom stereocenters. The van der Waals surface area contributed by atoms with Crippen LogP contribution in [0.5, 0.6) is 0 Å². The number of hydrogen-bond acceptors (Lipinski definition) is 3. The van der Waals surface area contributed by atoms with Gasteiger partial charge in [-0.15, -0.1) is 0 Å². The minimum absolute atomic E-state index is 0.0299. The molecule has 0 spiro atoms. The van der Waals surface area contributed by atoms with Crippen LogP contribution >= 0.6 is 0 Å². The van der Waals surface area contributed by atoms with Gasteiger partial charge in [0.2, 0.25) is 0 Å². The second-order valence-electron chi connectivity index (χ2n) is 6.46. The van der Waals surface area contributed by atoms with Crippen LogP contribution in [0.1, 0.15) is 31.1 Å². The Labute approximate surface area is 139 Å². The molecule has 5 nitrogen and oxygen atoms in total. The summed E-state index contributed by atoms with van der Waals surface area (Å²) in [4.78, 5) is 25.7. The molecule has 0 saturated carbocycles. The van der Waals surface area contributed by atoms with Crippen molar-refractivity contribution in [2.24, 2.45) is 0 Å². The van der Waals surface area contributed by atoms with Crippen LogP contribution in [0.4, 0.5) is 5.69 Å². The number of nitrogens with zero attached hydrogens (tertiary/aromatic N) is 2.